The van der Waals surface area contributed by atoms with Crippen molar-refractivity contribution in [3.63, 3.8) is 0 Å². The van der Waals surface area contributed by atoms with Crippen molar-refractivity contribution >= 4 is 29.1 Å². The second-order valence-corrected chi connectivity index (χ2v) is 4.30. The largest absolute Gasteiger partial charge is 0.496 e. The Balaban J connectivity index is 2.51. The predicted octanol–water partition coefficient (Wildman–Crippen LogP) is 3.30. The lowest BCUT2D eigenvalue weighted by Crippen LogP contribution is -1.99. The third-order valence-corrected chi connectivity index (χ3v) is 3.01. The number of nitrogens with zero attached hydrogens (tertiary/aromatic N) is 2. The Hall–Kier alpha value is -1.33. The van der Waals surface area contributed by atoms with Crippen LogP contribution in [0.2, 0.25) is 5.02 Å². The minimum atomic E-state index is 0.649. The van der Waals surface area contributed by atoms with E-state index in [1.165, 1.54) is 0 Å². The second-order valence-electron chi connectivity index (χ2n) is 3.34. The first-order chi connectivity index (χ1) is 8.26. The van der Waals surface area contributed by atoms with Crippen LogP contribution in [0.15, 0.2) is 18.2 Å². The zero-order chi connectivity index (χ0) is 12.3. The molecule has 90 valence electrons. The molecule has 2 aromatic rings. The van der Waals surface area contributed by atoms with E-state index in [-0.39, 0.29) is 0 Å². The lowest BCUT2D eigenvalue weighted by molar-refractivity contribution is 0.416. The van der Waals surface area contributed by atoms with Crippen LogP contribution in [-0.2, 0) is 0 Å². The number of rotatable bonds is 4. The molecule has 6 heteroatoms. The van der Waals surface area contributed by atoms with Gasteiger partial charge in [-0.05, 0) is 25.1 Å². The molecule has 0 unspecified atom stereocenters. The van der Waals surface area contributed by atoms with E-state index in [0.717, 1.165) is 41.1 Å². The van der Waals surface area contributed by atoms with Gasteiger partial charge in [-0.3, -0.25) is 0 Å². The second kappa shape index (κ2) is 5.33. The molecule has 0 aliphatic rings. The van der Waals surface area contributed by atoms with E-state index < -0.39 is 0 Å². The number of benzene rings is 1. The first kappa shape index (κ1) is 12.1. The highest BCUT2D eigenvalue weighted by Gasteiger charge is 2.14. The van der Waals surface area contributed by atoms with Crippen molar-refractivity contribution in [3.8, 4) is 17.0 Å². The quantitative estimate of drug-likeness (QED) is 0.925. The smallest absolute Gasteiger partial charge is 0.168 e. The average Bonchev–Trinajstić information content (AvgIpc) is 2.77. The van der Waals surface area contributed by atoms with Crippen molar-refractivity contribution in [2.45, 2.75) is 6.92 Å². The van der Waals surface area contributed by atoms with Crippen LogP contribution in [0, 0.1) is 0 Å². The molecule has 4 nitrogen and oxygen atoms in total. The maximum atomic E-state index is 6.00. The number of halogens is 1. The summed E-state index contributed by atoms with van der Waals surface area (Å²) in [7, 11) is 1.62. The van der Waals surface area contributed by atoms with Gasteiger partial charge in [0, 0.05) is 17.1 Å². The molecule has 0 aliphatic carbocycles. The molecule has 1 N–H and O–H groups in total. The number of ether oxygens (including phenoxy) is 1. The molecule has 0 bridgehead atoms. The molecule has 0 saturated carbocycles. The fourth-order valence-electron chi connectivity index (χ4n) is 1.51. The molecule has 0 radical (unpaired) electrons. The van der Waals surface area contributed by atoms with Gasteiger partial charge in [-0.15, -0.1) is 0 Å². The molecule has 0 aliphatic heterocycles. The number of methoxy groups -OCH3 is 1. The number of hydrogen-bond acceptors (Lipinski definition) is 5. The highest BCUT2D eigenvalue weighted by molar-refractivity contribution is 6.99. The van der Waals surface area contributed by atoms with Gasteiger partial charge in [0.1, 0.15) is 11.4 Å². The van der Waals surface area contributed by atoms with Crippen LogP contribution in [0.5, 0.6) is 5.75 Å². The van der Waals surface area contributed by atoms with Gasteiger partial charge in [0.25, 0.3) is 0 Å². The summed E-state index contributed by atoms with van der Waals surface area (Å²) >= 11 is 7.16. The van der Waals surface area contributed by atoms with Crippen LogP contribution in [0.3, 0.4) is 0 Å². The molecule has 2 rings (SSSR count). The van der Waals surface area contributed by atoms with E-state index >= 15 is 0 Å². The van der Waals surface area contributed by atoms with Crippen molar-refractivity contribution in [3.05, 3.63) is 23.2 Å². The number of nitrogens with one attached hydrogen (secondary N) is 1. The molecule has 1 aromatic carbocycles. The van der Waals surface area contributed by atoms with Gasteiger partial charge in [0.2, 0.25) is 0 Å². The fourth-order valence-corrected chi connectivity index (χ4v) is 2.23. The third kappa shape index (κ3) is 2.50. The number of hydrogen-bond donors (Lipinski definition) is 1. The Morgan fingerprint density at radius 3 is 2.94 bits per heavy atom. The summed E-state index contributed by atoms with van der Waals surface area (Å²) in [6, 6.07) is 5.45. The fraction of sp³-hybridized carbons (Fsp3) is 0.273. The van der Waals surface area contributed by atoms with Gasteiger partial charge in [-0.2, -0.15) is 8.75 Å². The lowest BCUT2D eigenvalue weighted by atomic mass is 10.1. The molecule has 0 atom stereocenters. The number of aromatic nitrogens is 2. The first-order valence-corrected chi connectivity index (χ1v) is 6.27. The Labute approximate surface area is 109 Å². The Morgan fingerprint density at radius 2 is 2.24 bits per heavy atom. The first-order valence-electron chi connectivity index (χ1n) is 5.16. The minimum absolute atomic E-state index is 0.649. The van der Waals surface area contributed by atoms with Crippen molar-refractivity contribution in [2.75, 3.05) is 19.0 Å². The standard InChI is InChI=1S/C11H12ClN3OS/c1-3-13-11-10(14-17-15-11)8-6-7(12)4-5-9(8)16-2/h4-6H,3H2,1-2H3,(H,13,15). The van der Waals surface area contributed by atoms with Gasteiger partial charge >= 0.3 is 0 Å². The summed E-state index contributed by atoms with van der Waals surface area (Å²) in [6.45, 7) is 2.81. The number of anilines is 1. The Bertz CT molecular complexity index is 515. The molecular weight excluding hydrogens is 258 g/mol. The van der Waals surface area contributed by atoms with E-state index in [2.05, 4.69) is 14.1 Å². The highest BCUT2D eigenvalue weighted by atomic mass is 35.5. The Morgan fingerprint density at radius 1 is 1.41 bits per heavy atom. The van der Waals surface area contributed by atoms with Crippen molar-refractivity contribution < 1.29 is 4.74 Å². The molecular formula is C11H12ClN3OS. The van der Waals surface area contributed by atoms with E-state index in [4.69, 9.17) is 16.3 Å². The van der Waals surface area contributed by atoms with E-state index in [1.54, 1.807) is 13.2 Å². The predicted molar refractivity (Wildman–Crippen MR) is 71.1 cm³/mol. The van der Waals surface area contributed by atoms with Crippen molar-refractivity contribution in [2.24, 2.45) is 0 Å². The van der Waals surface area contributed by atoms with Gasteiger partial charge in [-0.25, -0.2) is 0 Å². The van der Waals surface area contributed by atoms with Gasteiger partial charge in [-0.1, -0.05) is 11.6 Å². The van der Waals surface area contributed by atoms with E-state index in [1.807, 2.05) is 19.1 Å². The summed E-state index contributed by atoms with van der Waals surface area (Å²) in [5.41, 5.74) is 1.63. The minimum Gasteiger partial charge on any atom is -0.496 e. The Kier molecular flexibility index (Phi) is 3.81. The molecule has 0 fully saturated rings. The molecule has 17 heavy (non-hydrogen) atoms. The molecule has 0 amide bonds. The SMILES string of the molecule is CCNc1nsnc1-c1cc(Cl)ccc1OC. The van der Waals surface area contributed by atoms with E-state index in [0.29, 0.717) is 5.02 Å². The van der Waals surface area contributed by atoms with Gasteiger partial charge in [0.05, 0.1) is 18.8 Å². The topological polar surface area (TPSA) is 47.0 Å². The van der Waals surface area contributed by atoms with Crippen LogP contribution in [0.1, 0.15) is 6.92 Å². The van der Waals surface area contributed by atoms with Crippen LogP contribution >= 0.6 is 23.3 Å². The summed E-state index contributed by atoms with van der Waals surface area (Å²) in [6.07, 6.45) is 0. The van der Waals surface area contributed by atoms with Crippen LogP contribution in [0.25, 0.3) is 11.3 Å². The third-order valence-electron chi connectivity index (χ3n) is 2.25. The van der Waals surface area contributed by atoms with Crippen molar-refractivity contribution in [1.82, 2.24) is 8.75 Å². The normalized spacial score (nSPS) is 10.3. The molecule has 0 spiro atoms. The van der Waals surface area contributed by atoms with Crippen LogP contribution < -0.4 is 10.1 Å². The summed E-state index contributed by atoms with van der Waals surface area (Å²) in [5, 5.41) is 3.81. The summed E-state index contributed by atoms with van der Waals surface area (Å²) < 4.78 is 13.8. The zero-order valence-corrected chi connectivity index (χ0v) is 11.1. The highest BCUT2D eigenvalue weighted by Crippen LogP contribution is 2.35. The summed E-state index contributed by atoms with van der Waals surface area (Å²) in [4.78, 5) is 0. The van der Waals surface area contributed by atoms with Crippen molar-refractivity contribution in [1.29, 1.82) is 0 Å². The maximum absolute atomic E-state index is 6.00. The van der Waals surface area contributed by atoms with Crippen LogP contribution in [-0.4, -0.2) is 22.4 Å². The lowest BCUT2D eigenvalue weighted by Gasteiger charge is -2.08. The molecule has 0 saturated heterocycles. The monoisotopic (exact) mass is 269 g/mol. The molecule has 1 aromatic heterocycles. The average molecular weight is 270 g/mol. The van der Waals surface area contributed by atoms with Gasteiger partial charge in [0.15, 0.2) is 5.82 Å². The molecule has 1 heterocycles. The van der Waals surface area contributed by atoms with Crippen LogP contribution in [0.4, 0.5) is 5.82 Å². The summed E-state index contributed by atoms with van der Waals surface area (Å²) in [5.74, 6) is 1.50. The maximum Gasteiger partial charge on any atom is 0.168 e. The van der Waals surface area contributed by atoms with E-state index in [9.17, 15) is 0 Å². The van der Waals surface area contributed by atoms with Gasteiger partial charge < -0.3 is 10.1 Å². The zero-order valence-electron chi connectivity index (χ0n) is 9.53.